The second-order valence-electron chi connectivity index (χ2n) is 2.18. The van der Waals surface area contributed by atoms with Crippen LogP contribution in [-0.4, -0.2) is 26.4 Å². The highest BCUT2D eigenvalue weighted by Crippen LogP contribution is 2.14. The molecule has 1 heterocycles. The quantitative estimate of drug-likeness (QED) is 0.715. The Labute approximate surface area is 74.6 Å². The van der Waals surface area contributed by atoms with Crippen LogP contribution in [0, 0.1) is 0 Å². The monoisotopic (exact) mass is 186 g/mol. The minimum atomic E-state index is -0.814. The Hall–Kier alpha value is -0.970. The SMILES string of the molecule is CCn1ccnc1SCC(=O)O. The first-order chi connectivity index (χ1) is 5.74. The van der Waals surface area contributed by atoms with Crippen molar-refractivity contribution in [1.29, 1.82) is 0 Å². The highest BCUT2D eigenvalue weighted by molar-refractivity contribution is 7.99. The number of carboxylic acids is 1. The Morgan fingerprint density at radius 1 is 1.83 bits per heavy atom. The summed E-state index contributed by atoms with van der Waals surface area (Å²) in [5, 5.41) is 9.18. The molecule has 0 aliphatic rings. The van der Waals surface area contributed by atoms with Gasteiger partial charge in [-0.2, -0.15) is 0 Å². The van der Waals surface area contributed by atoms with E-state index in [2.05, 4.69) is 4.98 Å². The van der Waals surface area contributed by atoms with Crippen molar-refractivity contribution in [1.82, 2.24) is 9.55 Å². The summed E-state index contributed by atoms with van der Waals surface area (Å²) in [6.45, 7) is 2.81. The zero-order chi connectivity index (χ0) is 8.97. The third-order valence-corrected chi connectivity index (χ3v) is 2.33. The minimum absolute atomic E-state index is 0.0665. The molecule has 0 radical (unpaired) electrons. The Bertz CT molecular complexity index is 272. The predicted molar refractivity (Wildman–Crippen MR) is 46.3 cm³/mol. The lowest BCUT2D eigenvalue weighted by molar-refractivity contribution is -0.133. The van der Waals surface area contributed by atoms with E-state index < -0.39 is 5.97 Å². The fourth-order valence-corrected chi connectivity index (χ4v) is 1.55. The van der Waals surface area contributed by atoms with Gasteiger partial charge in [0.2, 0.25) is 0 Å². The maximum Gasteiger partial charge on any atom is 0.313 e. The van der Waals surface area contributed by atoms with Gasteiger partial charge in [-0.05, 0) is 6.92 Å². The maximum absolute atomic E-state index is 10.2. The van der Waals surface area contributed by atoms with Gasteiger partial charge in [-0.25, -0.2) is 4.98 Å². The van der Waals surface area contributed by atoms with Gasteiger partial charge in [0.25, 0.3) is 0 Å². The Kier molecular flexibility index (Phi) is 3.16. The van der Waals surface area contributed by atoms with Gasteiger partial charge in [0.05, 0.1) is 5.75 Å². The summed E-state index contributed by atoms with van der Waals surface area (Å²) in [4.78, 5) is 14.3. The summed E-state index contributed by atoms with van der Waals surface area (Å²) in [5.74, 6) is -0.748. The van der Waals surface area contributed by atoms with Crippen LogP contribution in [-0.2, 0) is 11.3 Å². The van der Waals surface area contributed by atoms with E-state index in [0.29, 0.717) is 0 Å². The number of aliphatic carboxylic acids is 1. The van der Waals surface area contributed by atoms with Crippen molar-refractivity contribution in [2.24, 2.45) is 0 Å². The van der Waals surface area contributed by atoms with Crippen LogP contribution in [0.5, 0.6) is 0 Å². The summed E-state index contributed by atoms with van der Waals surface area (Å²) >= 11 is 1.24. The molecule has 0 amide bonds. The van der Waals surface area contributed by atoms with Gasteiger partial charge in [-0.3, -0.25) is 4.79 Å². The zero-order valence-electron chi connectivity index (χ0n) is 6.73. The average Bonchev–Trinajstić information content (AvgIpc) is 2.47. The molecule has 0 aromatic carbocycles. The van der Waals surface area contributed by atoms with Crippen molar-refractivity contribution < 1.29 is 9.90 Å². The van der Waals surface area contributed by atoms with Crippen molar-refractivity contribution in [2.45, 2.75) is 18.6 Å². The molecule has 0 fully saturated rings. The molecule has 0 bridgehead atoms. The molecule has 1 N–H and O–H groups in total. The smallest absolute Gasteiger partial charge is 0.313 e. The third kappa shape index (κ3) is 2.27. The normalized spacial score (nSPS) is 10.1. The average molecular weight is 186 g/mol. The Morgan fingerprint density at radius 2 is 2.58 bits per heavy atom. The largest absolute Gasteiger partial charge is 0.481 e. The molecule has 0 atom stereocenters. The second kappa shape index (κ2) is 4.15. The molecular weight excluding hydrogens is 176 g/mol. The van der Waals surface area contributed by atoms with E-state index in [1.807, 2.05) is 17.7 Å². The first kappa shape index (κ1) is 9.12. The summed E-state index contributed by atoms with van der Waals surface area (Å²) in [6.07, 6.45) is 3.51. The summed E-state index contributed by atoms with van der Waals surface area (Å²) < 4.78 is 1.91. The number of imidazole rings is 1. The number of nitrogens with zero attached hydrogens (tertiary/aromatic N) is 2. The fraction of sp³-hybridized carbons (Fsp3) is 0.429. The molecule has 1 rings (SSSR count). The van der Waals surface area contributed by atoms with E-state index in [9.17, 15) is 4.79 Å². The lowest BCUT2D eigenvalue weighted by Gasteiger charge is -2.00. The fourth-order valence-electron chi connectivity index (χ4n) is 0.803. The van der Waals surface area contributed by atoms with E-state index >= 15 is 0 Å². The summed E-state index contributed by atoms with van der Waals surface area (Å²) in [7, 11) is 0. The van der Waals surface area contributed by atoms with E-state index in [-0.39, 0.29) is 5.75 Å². The third-order valence-electron chi connectivity index (χ3n) is 1.34. The standard InChI is InChI=1S/C7H10N2O2S/c1-2-9-4-3-8-7(9)12-5-6(10)11/h3-4H,2,5H2,1H3,(H,10,11). The van der Waals surface area contributed by atoms with Gasteiger partial charge in [0, 0.05) is 18.9 Å². The van der Waals surface area contributed by atoms with Crippen LogP contribution in [0.4, 0.5) is 0 Å². The maximum atomic E-state index is 10.2. The molecule has 12 heavy (non-hydrogen) atoms. The molecule has 0 saturated carbocycles. The molecule has 1 aromatic rings. The minimum Gasteiger partial charge on any atom is -0.481 e. The van der Waals surface area contributed by atoms with Gasteiger partial charge in [-0.15, -0.1) is 0 Å². The van der Waals surface area contributed by atoms with Crippen LogP contribution in [0.3, 0.4) is 0 Å². The van der Waals surface area contributed by atoms with E-state index in [0.717, 1.165) is 11.7 Å². The summed E-state index contributed by atoms with van der Waals surface area (Å²) in [6, 6.07) is 0. The molecule has 0 aliphatic carbocycles. The first-order valence-electron chi connectivity index (χ1n) is 3.59. The molecule has 5 heteroatoms. The number of rotatable bonds is 4. The van der Waals surface area contributed by atoms with Crippen LogP contribution >= 0.6 is 11.8 Å². The van der Waals surface area contributed by atoms with E-state index in [4.69, 9.17) is 5.11 Å². The molecule has 0 unspecified atom stereocenters. The van der Waals surface area contributed by atoms with Gasteiger partial charge in [-0.1, -0.05) is 11.8 Å². The van der Waals surface area contributed by atoms with Gasteiger partial charge >= 0.3 is 5.97 Å². The molecule has 1 aromatic heterocycles. The van der Waals surface area contributed by atoms with Crippen molar-refractivity contribution in [2.75, 3.05) is 5.75 Å². The van der Waals surface area contributed by atoms with Crippen LogP contribution in [0.15, 0.2) is 17.6 Å². The molecule has 0 aliphatic heterocycles. The molecule has 66 valence electrons. The Balaban J connectivity index is 2.56. The number of carbonyl (C=O) groups is 1. The topological polar surface area (TPSA) is 55.1 Å². The molecular formula is C7H10N2O2S. The van der Waals surface area contributed by atoms with Crippen molar-refractivity contribution in [3.8, 4) is 0 Å². The first-order valence-corrected chi connectivity index (χ1v) is 4.58. The number of hydrogen-bond acceptors (Lipinski definition) is 3. The number of aromatic nitrogens is 2. The van der Waals surface area contributed by atoms with Gasteiger partial charge in [0.1, 0.15) is 0 Å². The number of aryl methyl sites for hydroxylation is 1. The van der Waals surface area contributed by atoms with Crippen molar-refractivity contribution in [3.05, 3.63) is 12.4 Å². The van der Waals surface area contributed by atoms with Crippen molar-refractivity contribution >= 4 is 17.7 Å². The highest BCUT2D eigenvalue weighted by Gasteiger charge is 2.04. The highest BCUT2D eigenvalue weighted by atomic mass is 32.2. The lowest BCUT2D eigenvalue weighted by Crippen LogP contribution is -2.01. The van der Waals surface area contributed by atoms with Gasteiger partial charge in [0.15, 0.2) is 5.16 Å². The van der Waals surface area contributed by atoms with Crippen LogP contribution in [0.2, 0.25) is 0 Å². The number of carboxylic acid groups (broad SMARTS) is 1. The second-order valence-corrected chi connectivity index (χ2v) is 3.12. The van der Waals surface area contributed by atoms with Crippen LogP contribution in [0.25, 0.3) is 0 Å². The molecule has 0 spiro atoms. The van der Waals surface area contributed by atoms with Crippen LogP contribution < -0.4 is 0 Å². The Morgan fingerprint density at radius 3 is 3.17 bits per heavy atom. The molecule has 4 nitrogen and oxygen atoms in total. The van der Waals surface area contributed by atoms with Crippen molar-refractivity contribution in [3.63, 3.8) is 0 Å². The van der Waals surface area contributed by atoms with Gasteiger partial charge < -0.3 is 9.67 Å². The van der Waals surface area contributed by atoms with Crippen LogP contribution in [0.1, 0.15) is 6.92 Å². The number of thioether (sulfide) groups is 1. The van der Waals surface area contributed by atoms with E-state index in [1.165, 1.54) is 11.8 Å². The lowest BCUT2D eigenvalue weighted by atomic mass is 10.7. The zero-order valence-corrected chi connectivity index (χ0v) is 7.54. The predicted octanol–water partition coefficient (Wildman–Crippen LogP) is 1.08. The number of hydrogen-bond donors (Lipinski definition) is 1. The summed E-state index contributed by atoms with van der Waals surface area (Å²) in [5.41, 5.74) is 0. The molecule has 0 saturated heterocycles. The van der Waals surface area contributed by atoms with E-state index in [1.54, 1.807) is 6.20 Å².